The van der Waals surface area contributed by atoms with E-state index in [4.69, 9.17) is 9.57 Å². The lowest BCUT2D eigenvalue weighted by Gasteiger charge is -2.33. The highest BCUT2D eigenvalue weighted by Gasteiger charge is 2.27. The average Bonchev–Trinajstić information content (AvgIpc) is 2.71. The van der Waals surface area contributed by atoms with E-state index in [-0.39, 0.29) is 0 Å². The second kappa shape index (κ2) is 8.51. The third kappa shape index (κ3) is 4.95. The lowest BCUT2D eigenvalue weighted by molar-refractivity contribution is -0.0245. The number of hydrazine groups is 1. The summed E-state index contributed by atoms with van der Waals surface area (Å²) in [7, 11) is 0. The summed E-state index contributed by atoms with van der Waals surface area (Å²) in [6.45, 7) is 8.78. The molecule has 1 unspecified atom stereocenters. The Balaban J connectivity index is 1.45. The maximum Gasteiger partial charge on any atom is 0.191 e. The smallest absolute Gasteiger partial charge is 0.191 e. The first-order chi connectivity index (χ1) is 14.0. The first-order valence-corrected chi connectivity index (χ1v) is 10.4. The van der Waals surface area contributed by atoms with Crippen LogP contribution in [0.4, 0.5) is 0 Å². The quantitative estimate of drug-likeness (QED) is 0.833. The summed E-state index contributed by atoms with van der Waals surface area (Å²) in [6.07, 6.45) is 9.36. The first kappa shape index (κ1) is 19.9. The van der Waals surface area contributed by atoms with Crippen LogP contribution in [0, 0.1) is 11.3 Å². The van der Waals surface area contributed by atoms with Gasteiger partial charge in [-0.3, -0.25) is 0 Å². The molecule has 0 radical (unpaired) electrons. The van der Waals surface area contributed by atoms with Crippen LogP contribution in [0.3, 0.4) is 0 Å². The summed E-state index contributed by atoms with van der Waals surface area (Å²) >= 11 is 0. The van der Waals surface area contributed by atoms with Gasteiger partial charge >= 0.3 is 0 Å². The highest BCUT2D eigenvalue weighted by Crippen LogP contribution is 2.41. The van der Waals surface area contributed by atoms with Crippen molar-refractivity contribution in [3.8, 4) is 11.5 Å². The van der Waals surface area contributed by atoms with Gasteiger partial charge in [0.05, 0.1) is 13.1 Å². The van der Waals surface area contributed by atoms with Gasteiger partial charge in [-0.25, -0.2) is 15.0 Å². The minimum Gasteiger partial charge on any atom is -0.488 e. The molecule has 0 bridgehead atoms. The molecule has 1 aromatic heterocycles. The number of fused-ring (bicyclic) bond motifs is 1. The van der Waals surface area contributed by atoms with Crippen molar-refractivity contribution >= 4 is 5.57 Å². The number of hydrogen-bond donors (Lipinski definition) is 1. The molecule has 0 saturated heterocycles. The minimum atomic E-state index is 0.362. The Morgan fingerprint density at radius 1 is 1.17 bits per heavy atom. The van der Waals surface area contributed by atoms with Gasteiger partial charge in [0.15, 0.2) is 11.5 Å². The Morgan fingerprint density at radius 2 is 2.00 bits per heavy atom. The predicted octanol–water partition coefficient (Wildman–Crippen LogP) is 4.40. The molecule has 1 atom stereocenters. The van der Waals surface area contributed by atoms with Crippen LogP contribution in [-0.2, 0) is 6.54 Å². The Kier molecular flexibility index (Phi) is 5.83. The van der Waals surface area contributed by atoms with Gasteiger partial charge in [-0.15, -0.1) is 0 Å². The molecular formula is C23H30N4O2. The molecule has 154 valence electrons. The number of allylic oxidation sites excluding steroid dienone is 2. The molecule has 6 nitrogen and oxygen atoms in total. The van der Waals surface area contributed by atoms with Crippen molar-refractivity contribution in [1.82, 2.24) is 20.6 Å². The van der Waals surface area contributed by atoms with Gasteiger partial charge in [-0.05, 0) is 59.9 Å². The normalized spacial score (nSPS) is 20.5. The molecule has 4 rings (SSSR count). The SMILES string of the molecule is CC(C)(C)C1CC=C(c2ccc3c(c2)ONN(Cc2ncccn2)CCO3)CC1. The fraction of sp³-hybridized carbons (Fsp3) is 0.478. The maximum atomic E-state index is 5.93. The van der Waals surface area contributed by atoms with Crippen LogP contribution in [-0.4, -0.2) is 28.1 Å². The van der Waals surface area contributed by atoms with E-state index < -0.39 is 0 Å². The Morgan fingerprint density at radius 3 is 2.72 bits per heavy atom. The van der Waals surface area contributed by atoms with Gasteiger partial charge < -0.3 is 9.57 Å². The van der Waals surface area contributed by atoms with Crippen molar-refractivity contribution in [2.45, 2.75) is 46.6 Å². The number of rotatable bonds is 3. The summed E-state index contributed by atoms with van der Waals surface area (Å²) in [6, 6.07) is 8.04. The average molecular weight is 395 g/mol. The fourth-order valence-corrected chi connectivity index (χ4v) is 3.91. The fourth-order valence-electron chi connectivity index (χ4n) is 3.91. The zero-order valence-electron chi connectivity index (χ0n) is 17.5. The molecule has 0 saturated carbocycles. The van der Waals surface area contributed by atoms with Crippen LogP contribution in [0.2, 0.25) is 0 Å². The lowest BCUT2D eigenvalue weighted by atomic mass is 9.72. The molecule has 1 aliphatic carbocycles. The molecule has 0 spiro atoms. The maximum absolute atomic E-state index is 5.93. The molecule has 29 heavy (non-hydrogen) atoms. The van der Waals surface area contributed by atoms with Crippen molar-refractivity contribution in [3.63, 3.8) is 0 Å². The molecule has 2 heterocycles. The van der Waals surface area contributed by atoms with Crippen LogP contribution in [0.15, 0.2) is 42.7 Å². The van der Waals surface area contributed by atoms with Crippen LogP contribution < -0.4 is 15.2 Å². The molecule has 0 fully saturated rings. The van der Waals surface area contributed by atoms with Gasteiger partial charge in [0.2, 0.25) is 0 Å². The second-order valence-electron chi connectivity index (χ2n) is 8.86. The number of nitrogens with zero attached hydrogens (tertiary/aromatic N) is 3. The Bertz CT molecular complexity index is 861. The van der Waals surface area contributed by atoms with Crippen molar-refractivity contribution < 1.29 is 9.57 Å². The lowest BCUT2D eigenvalue weighted by Crippen LogP contribution is -2.43. The Labute approximate surface area is 172 Å². The van der Waals surface area contributed by atoms with Crippen molar-refractivity contribution in [2.24, 2.45) is 11.3 Å². The number of hydrogen-bond acceptors (Lipinski definition) is 6. The van der Waals surface area contributed by atoms with E-state index in [0.717, 1.165) is 30.3 Å². The van der Waals surface area contributed by atoms with Gasteiger partial charge in [0.25, 0.3) is 0 Å². The molecule has 6 heteroatoms. The molecule has 1 aliphatic heterocycles. The molecule has 0 amide bonds. The summed E-state index contributed by atoms with van der Waals surface area (Å²) in [4.78, 5) is 14.4. The predicted molar refractivity (Wildman–Crippen MR) is 113 cm³/mol. The summed E-state index contributed by atoms with van der Waals surface area (Å²) in [5.74, 6) is 2.95. The number of aromatic nitrogens is 2. The van der Waals surface area contributed by atoms with E-state index in [1.54, 1.807) is 12.4 Å². The number of nitrogens with one attached hydrogen (secondary N) is 1. The second-order valence-corrected chi connectivity index (χ2v) is 8.86. The molecular weight excluding hydrogens is 364 g/mol. The van der Waals surface area contributed by atoms with Crippen LogP contribution in [0.5, 0.6) is 11.5 Å². The monoisotopic (exact) mass is 394 g/mol. The van der Waals surface area contributed by atoms with Gasteiger partial charge in [0.1, 0.15) is 12.4 Å². The zero-order valence-corrected chi connectivity index (χ0v) is 17.5. The molecule has 1 N–H and O–H groups in total. The highest BCUT2D eigenvalue weighted by molar-refractivity contribution is 5.68. The summed E-state index contributed by atoms with van der Waals surface area (Å²) in [5.41, 5.74) is 6.00. The standard InChI is InChI=1S/C23H30N4O2/c1-23(2,3)19-8-5-17(6-9-19)18-7-10-20-21(15-18)29-26-27(13-14-28-20)16-22-24-11-4-12-25-22/h4-5,7,10-12,15,19,26H,6,8-9,13-14,16H2,1-3H3. The van der Waals surface area contributed by atoms with E-state index in [1.807, 2.05) is 17.1 Å². The van der Waals surface area contributed by atoms with Gasteiger partial charge in [-0.2, -0.15) is 0 Å². The van der Waals surface area contributed by atoms with E-state index in [9.17, 15) is 0 Å². The molecule has 2 aliphatic rings. The molecule has 2 aromatic rings. The summed E-state index contributed by atoms with van der Waals surface area (Å²) in [5, 5.41) is 1.92. The van der Waals surface area contributed by atoms with E-state index in [0.29, 0.717) is 30.9 Å². The largest absolute Gasteiger partial charge is 0.488 e. The van der Waals surface area contributed by atoms with Crippen LogP contribution in [0.25, 0.3) is 5.57 Å². The van der Waals surface area contributed by atoms with Crippen LogP contribution >= 0.6 is 0 Å². The van der Waals surface area contributed by atoms with E-state index in [2.05, 4.69) is 54.5 Å². The third-order valence-corrected chi connectivity index (χ3v) is 5.81. The Hall–Kier alpha value is -2.44. The van der Waals surface area contributed by atoms with E-state index in [1.165, 1.54) is 17.6 Å². The highest BCUT2D eigenvalue weighted by atomic mass is 16.7. The third-order valence-electron chi connectivity index (χ3n) is 5.81. The van der Waals surface area contributed by atoms with Crippen molar-refractivity contribution in [1.29, 1.82) is 0 Å². The number of benzene rings is 1. The topological polar surface area (TPSA) is 59.5 Å². The molecule has 1 aromatic carbocycles. The van der Waals surface area contributed by atoms with Crippen molar-refractivity contribution in [3.05, 3.63) is 54.1 Å². The van der Waals surface area contributed by atoms with Gasteiger partial charge in [-0.1, -0.05) is 38.5 Å². The first-order valence-electron chi connectivity index (χ1n) is 10.4. The number of ether oxygens (including phenoxy) is 1. The minimum absolute atomic E-state index is 0.362. The van der Waals surface area contributed by atoms with Gasteiger partial charge in [0, 0.05) is 12.4 Å². The van der Waals surface area contributed by atoms with E-state index >= 15 is 0 Å². The van der Waals surface area contributed by atoms with Crippen molar-refractivity contribution in [2.75, 3.05) is 13.2 Å². The summed E-state index contributed by atoms with van der Waals surface area (Å²) < 4.78 is 5.93. The zero-order chi connectivity index (χ0) is 20.3. The van der Waals surface area contributed by atoms with Crippen LogP contribution in [0.1, 0.15) is 51.4 Å².